The third-order valence-electron chi connectivity index (χ3n) is 0.604. The molecule has 0 unspecified atom stereocenters. The second-order valence-corrected chi connectivity index (χ2v) is 1.34. The zero-order valence-electron chi connectivity index (χ0n) is 4.33. The van der Waals surface area contributed by atoms with E-state index in [2.05, 4.69) is 9.69 Å². The summed E-state index contributed by atoms with van der Waals surface area (Å²) < 4.78 is 0. The Kier molecular flexibility index (Phi) is 3.56. The zero-order chi connectivity index (χ0) is 6.41. The number of aliphatic hydroxyl groups is 1. The molecule has 3 nitrogen and oxygen atoms in total. The summed E-state index contributed by atoms with van der Waals surface area (Å²) in [7, 11) is 0. The summed E-state index contributed by atoms with van der Waals surface area (Å²) in [6.45, 7) is 12.6. The van der Waals surface area contributed by atoms with Crippen molar-refractivity contribution in [3.8, 4) is 0 Å². The lowest BCUT2D eigenvalue weighted by atomic mass is 10.4. The molecule has 0 spiro atoms. The van der Waals surface area contributed by atoms with E-state index < -0.39 is 6.10 Å². The molecule has 1 N–H and O–H groups in total. The first kappa shape index (κ1) is 6.94. The van der Waals surface area contributed by atoms with Crippen molar-refractivity contribution < 1.29 is 5.11 Å². The van der Waals surface area contributed by atoms with Crippen molar-refractivity contribution in [1.82, 2.24) is 0 Å². The molecule has 42 valence electrons. The van der Waals surface area contributed by atoms with Crippen molar-refractivity contribution in [2.45, 2.75) is 6.10 Å². The minimum Gasteiger partial charge on any atom is -0.379 e. The van der Waals surface area contributed by atoms with Gasteiger partial charge in [0.1, 0.15) is 0 Å². The Morgan fingerprint density at radius 3 is 1.88 bits per heavy atom. The zero-order valence-corrected chi connectivity index (χ0v) is 4.33. The molecule has 0 aliphatic carbocycles. The van der Waals surface area contributed by atoms with Crippen molar-refractivity contribution in [1.29, 1.82) is 0 Å². The fourth-order valence-electron chi connectivity index (χ4n) is 0.268. The van der Waals surface area contributed by atoms with E-state index in [9.17, 15) is 0 Å². The van der Waals surface area contributed by atoms with Gasteiger partial charge in [-0.2, -0.15) is 0 Å². The Morgan fingerprint density at radius 2 is 1.62 bits per heavy atom. The molecule has 0 aromatic heterocycles. The first-order valence-electron chi connectivity index (χ1n) is 2.15. The molecular formula is C5H6N2O. The molecule has 0 rings (SSSR count). The average Bonchev–Trinajstić information content (AvgIpc) is 1.68. The summed E-state index contributed by atoms with van der Waals surface area (Å²) in [4.78, 5) is 5.82. The Morgan fingerprint density at radius 1 is 1.25 bits per heavy atom. The monoisotopic (exact) mass is 110 g/mol. The van der Waals surface area contributed by atoms with Gasteiger partial charge in [-0.25, -0.2) is 13.1 Å². The van der Waals surface area contributed by atoms with E-state index in [0.717, 1.165) is 0 Å². The molecule has 0 amide bonds. The van der Waals surface area contributed by atoms with Gasteiger partial charge in [0, 0.05) is 0 Å². The van der Waals surface area contributed by atoms with Crippen LogP contribution in [0.5, 0.6) is 0 Å². The van der Waals surface area contributed by atoms with Crippen molar-refractivity contribution >= 4 is 0 Å². The van der Waals surface area contributed by atoms with Crippen LogP contribution in [0.3, 0.4) is 0 Å². The van der Waals surface area contributed by atoms with Gasteiger partial charge in [-0.05, 0) is 0 Å². The molecule has 8 heavy (non-hydrogen) atoms. The number of hydrogen-bond acceptors (Lipinski definition) is 1. The van der Waals surface area contributed by atoms with Gasteiger partial charge in [0.05, 0.1) is 0 Å². The van der Waals surface area contributed by atoms with Gasteiger partial charge in [-0.15, -0.1) is 0 Å². The molecule has 0 saturated heterocycles. The molecule has 0 heterocycles. The van der Waals surface area contributed by atoms with Crippen LogP contribution < -0.4 is 0 Å². The standard InChI is InChI=1S/C5H6N2O/c1-6-3-5(8)4-7-2/h5,8H,3-4H2. The van der Waals surface area contributed by atoms with Crippen LogP contribution in [0.4, 0.5) is 0 Å². The number of rotatable bonds is 2. The van der Waals surface area contributed by atoms with Crippen LogP contribution in [0.15, 0.2) is 0 Å². The quantitative estimate of drug-likeness (QED) is 0.505. The van der Waals surface area contributed by atoms with Crippen LogP contribution in [0.1, 0.15) is 0 Å². The number of hydrogen-bond donors (Lipinski definition) is 1. The third kappa shape index (κ3) is 3.14. The number of aliphatic hydroxyl groups excluding tert-OH is 1. The van der Waals surface area contributed by atoms with Crippen molar-refractivity contribution in [2.75, 3.05) is 13.1 Å². The highest BCUT2D eigenvalue weighted by Crippen LogP contribution is 1.83. The van der Waals surface area contributed by atoms with Gasteiger partial charge >= 0.3 is 0 Å². The molecule has 0 radical (unpaired) electrons. The van der Waals surface area contributed by atoms with E-state index in [1.165, 1.54) is 0 Å². The van der Waals surface area contributed by atoms with E-state index in [1.807, 2.05) is 0 Å². The highest BCUT2D eigenvalue weighted by molar-refractivity contribution is 4.75. The summed E-state index contributed by atoms with van der Waals surface area (Å²) in [5, 5.41) is 8.62. The molecule has 0 saturated carbocycles. The first-order valence-corrected chi connectivity index (χ1v) is 2.15. The topological polar surface area (TPSA) is 28.9 Å². The summed E-state index contributed by atoms with van der Waals surface area (Å²) in [6, 6.07) is 0. The van der Waals surface area contributed by atoms with Crippen LogP contribution in [0.25, 0.3) is 9.69 Å². The predicted octanol–water partition coefficient (Wildman–Crippen LogP) is 0.186. The van der Waals surface area contributed by atoms with Crippen LogP contribution in [-0.4, -0.2) is 24.3 Å². The molecule has 0 fully saturated rings. The van der Waals surface area contributed by atoms with Crippen LogP contribution in [0, 0.1) is 13.1 Å². The van der Waals surface area contributed by atoms with Gasteiger partial charge in [0.2, 0.25) is 13.1 Å². The maximum Gasteiger partial charge on any atom is 0.247 e. The smallest absolute Gasteiger partial charge is 0.247 e. The van der Waals surface area contributed by atoms with Crippen molar-refractivity contribution in [3.63, 3.8) is 0 Å². The summed E-state index contributed by atoms with van der Waals surface area (Å²) in [5.41, 5.74) is 0. The SMILES string of the molecule is [C-]#[N+]CC(O)C[N+]#[C-]. The first-order chi connectivity index (χ1) is 3.81. The van der Waals surface area contributed by atoms with Gasteiger partial charge in [-0.3, -0.25) is 0 Å². The third-order valence-corrected chi connectivity index (χ3v) is 0.604. The normalized spacial score (nSPS) is 8.00. The van der Waals surface area contributed by atoms with E-state index in [-0.39, 0.29) is 13.1 Å². The molecule has 0 bridgehead atoms. The fourth-order valence-corrected chi connectivity index (χ4v) is 0.268. The van der Waals surface area contributed by atoms with E-state index in [0.29, 0.717) is 0 Å². The highest BCUT2D eigenvalue weighted by Gasteiger charge is 2.07. The second kappa shape index (κ2) is 4.11. The van der Waals surface area contributed by atoms with Crippen LogP contribution >= 0.6 is 0 Å². The Hall–Kier alpha value is -1.06. The summed E-state index contributed by atoms with van der Waals surface area (Å²) in [5.74, 6) is 0. The van der Waals surface area contributed by atoms with Crippen molar-refractivity contribution in [3.05, 3.63) is 22.8 Å². The lowest BCUT2D eigenvalue weighted by Crippen LogP contribution is -2.11. The molecular weight excluding hydrogens is 104 g/mol. The van der Waals surface area contributed by atoms with E-state index in [1.54, 1.807) is 0 Å². The highest BCUT2D eigenvalue weighted by atomic mass is 16.3. The van der Waals surface area contributed by atoms with Gasteiger partial charge in [0.25, 0.3) is 0 Å². The van der Waals surface area contributed by atoms with Crippen molar-refractivity contribution in [2.24, 2.45) is 0 Å². The summed E-state index contributed by atoms with van der Waals surface area (Å²) in [6.07, 6.45) is -0.745. The Bertz CT molecular complexity index is 114. The average molecular weight is 110 g/mol. The molecule has 0 aromatic carbocycles. The largest absolute Gasteiger partial charge is 0.379 e. The van der Waals surface area contributed by atoms with Crippen LogP contribution in [-0.2, 0) is 0 Å². The Balaban J connectivity index is 3.25. The molecule has 0 aromatic rings. The maximum atomic E-state index is 8.62. The van der Waals surface area contributed by atoms with Gasteiger partial charge < -0.3 is 14.8 Å². The van der Waals surface area contributed by atoms with Gasteiger partial charge in [0.15, 0.2) is 6.10 Å². The summed E-state index contributed by atoms with van der Waals surface area (Å²) >= 11 is 0. The molecule has 0 atom stereocenters. The minimum atomic E-state index is -0.745. The van der Waals surface area contributed by atoms with E-state index in [4.69, 9.17) is 18.3 Å². The minimum absolute atomic E-state index is 0.0440. The molecule has 3 heteroatoms. The second-order valence-electron chi connectivity index (χ2n) is 1.34. The molecule has 0 aliphatic heterocycles. The fraction of sp³-hybridized carbons (Fsp3) is 0.600. The van der Waals surface area contributed by atoms with E-state index >= 15 is 0 Å². The van der Waals surface area contributed by atoms with Gasteiger partial charge in [-0.1, -0.05) is 0 Å². The maximum absolute atomic E-state index is 8.62. The predicted molar refractivity (Wildman–Crippen MR) is 28.9 cm³/mol. The Labute approximate surface area is 48.2 Å². The number of nitrogens with zero attached hydrogens (tertiary/aromatic N) is 2. The lowest BCUT2D eigenvalue weighted by molar-refractivity contribution is 0.208. The lowest BCUT2D eigenvalue weighted by Gasteiger charge is -1.89. The van der Waals surface area contributed by atoms with Crippen LogP contribution in [0.2, 0.25) is 0 Å². The molecule has 0 aliphatic rings.